The molecule has 3 N–H and O–H groups in total. The van der Waals surface area contributed by atoms with E-state index in [4.69, 9.17) is 4.74 Å². The second-order valence-electron chi connectivity index (χ2n) is 9.22. The number of ether oxygens (including phenoxy) is 1. The van der Waals surface area contributed by atoms with Crippen LogP contribution >= 0.6 is 0 Å². The Labute approximate surface area is 204 Å². The molecule has 4 nitrogen and oxygen atoms in total. The second kappa shape index (κ2) is 11.8. The van der Waals surface area contributed by atoms with E-state index in [0.717, 1.165) is 35.3 Å². The van der Waals surface area contributed by atoms with E-state index in [1.807, 2.05) is 26.0 Å². The van der Waals surface area contributed by atoms with E-state index in [2.05, 4.69) is 50.3 Å². The van der Waals surface area contributed by atoms with Crippen molar-refractivity contribution >= 4 is 0 Å². The van der Waals surface area contributed by atoms with Crippen LogP contribution in [-0.4, -0.2) is 35.1 Å². The molecule has 0 radical (unpaired) electrons. The molecule has 0 amide bonds. The van der Waals surface area contributed by atoms with Crippen molar-refractivity contribution in [3.05, 3.63) is 76.4 Å². The quantitative estimate of drug-likeness (QED) is 0.398. The van der Waals surface area contributed by atoms with Crippen molar-refractivity contribution < 1.29 is 20.1 Å². The number of hydrogen-bond donors (Lipinski definition) is 3. The Hall–Kier alpha value is -2.40. The van der Waals surface area contributed by atoms with E-state index >= 15 is 0 Å². The molecule has 4 heteroatoms. The lowest BCUT2D eigenvalue weighted by atomic mass is 9.84. The van der Waals surface area contributed by atoms with Crippen LogP contribution in [0, 0.1) is 5.92 Å². The van der Waals surface area contributed by atoms with Gasteiger partial charge < -0.3 is 20.1 Å². The van der Waals surface area contributed by atoms with Crippen LogP contribution in [-0.2, 0) is 18.4 Å². The summed E-state index contributed by atoms with van der Waals surface area (Å²) in [5.41, 5.74) is 6.76. The number of aliphatic hydroxyl groups is 3. The Morgan fingerprint density at radius 2 is 1.62 bits per heavy atom. The number of hydrogen-bond acceptors (Lipinski definition) is 4. The molecule has 0 saturated heterocycles. The molecule has 184 valence electrons. The molecule has 0 aliphatic heterocycles. The molecule has 1 aliphatic carbocycles. The van der Waals surface area contributed by atoms with Gasteiger partial charge in [-0.05, 0) is 83.2 Å². The van der Waals surface area contributed by atoms with Crippen molar-refractivity contribution in [2.75, 3.05) is 19.8 Å². The smallest absolute Gasteiger partial charge is 0.119 e. The number of rotatable bonds is 11. The summed E-state index contributed by atoms with van der Waals surface area (Å²) in [7, 11) is 0. The third kappa shape index (κ3) is 5.63. The third-order valence-electron chi connectivity index (χ3n) is 7.30. The van der Waals surface area contributed by atoms with Crippen LogP contribution in [0.25, 0.3) is 11.1 Å². The molecule has 2 aromatic rings. The van der Waals surface area contributed by atoms with Gasteiger partial charge in [0.1, 0.15) is 5.75 Å². The molecule has 0 bridgehead atoms. The predicted octanol–water partition coefficient (Wildman–Crippen LogP) is 5.72. The summed E-state index contributed by atoms with van der Waals surface area (Å²) in [5, 5.41) is 30.1. The van der Waals surface area contributed by atoms with Gasteiger partial charge in [0.05, 0.1) is 25.4 Å². The molecule has 0 fully saturated rings. The zero-order valence-corrected chi connectivity index (χ0v) is 21.1. The van der Waals surface area contributed by atoms with Crippen molar-refractivity contribution in [1.29, 1.82) is 0 Å². The van der Waals surface area contributed by atoms with Crippen LogP contribution in [0.4, 0.5) is 0 Å². The maximum Gasteiger partial charge on any atom is 0.119 e. The summed E-state index contributed by atoms with van der Waals surface area (Å²) in [6.45, 7) is 8.83. The van der Waals surface area contributed by atoms with Crippen LogP contribution in [0.3, 0.4) is 0 Å². The minimum atomic E-state index is -0.785. The normalized spacial score (nSPS) is 16.3. The topological polar surface area (TPSA) is 69.9 Å². The van der Waals surface area contributed by atoms with Crippen molar-refractivity contribution in [2.45, 2.75) is 65.4 Å². The Bertz CT molecular complexity index is 1030. The standard InChI is InChI=1S/C30H40O4/c1-5-22-11-13-27(34-20-21-9-10-24(18-31)25(15-21)19-32)17-29(22)28-14-12-26(16-23(28)6-2)30(33,7-3)8-4/h9-14,16-17,21,31-33H,5-8,15,18-20H2,1-4H3/t21-/m1/s1. The van der Waals surface area contributed by atoms with E-state index in [-0.39, 0.29) is 19.1 Å². The SMILES string of the molecule is CCc1cc(C(O)(CC)CC)ccc1-c1cc(OC[C@@H]2C=CC(CO)=C(CO)C2)ccc1CC. The number of benzene rings is 2. The fourth-order valence-corrected chi connectivity index (χ4v) is 4.84. The summed E-state index contributed by atoms with van der Waals surface area (Å²) in [6, 6.07) is 12.7. The maximum atomic E-state index is 11.0. The van der Waals surface area contributed by atoms with Crippen molar-refractivity contribution in [3.8, 4) is 16.9 Å². The molecular formula is C30H40O4. The zero-order valence-electron chi connectivity index (χ0n) is 21.1. The summed E-state index contributed by atoms with van der Waals surface area (Å²) >= 11 is 0. The third-order valence-corrected chi connectivity index (χ3v) is 7.30. The zero-order chi connectivity index (χ0) is 24.7. The fraction of sp³-hybridized carbons (Fsp3) is 0.467. The van der Waals surface area contributed by atoms with Gasteiger partial charge >= 0.3 is 0 Å². The molecule has 0 aromatic heterocycles. The van der Waals surface area contributed by atoms with E-state index in [0.29, 0.717) is 25.9 Å². The Morgan fingerprint density at radius 1 is 0.882 bits per heavy atom. The highest BCUT2D eigenvalue weighted by Gasteiger charge is 2.26. The van der Waals surface area contributed by atoms with Crippen molar-refractivity contribution in [3.63, 3.8) is 0 Å². The Kier molecular flexibility index (Phi) is 9.12. The summed E-state index contributed by atoms with van der Waals surface area (Å²) < 4.78 is 6.20. The summed E-state index contributed by atoms with van der Waals surface area (Å²) in [4.78, 5) is 0. The van der Waals surface area contributed by atoms with E-state index < -0.39 is 5.60 Å². The maximum absolute atomic E-state index is 11.0. The van der Waals surface area contributed by atoms with Gasteiger partial charge in [-0.3, -0.25) is 0 Å². The predicted molar refractivity (Wildman–Crippen MR) is 139 cm³/mol. The molecule has 0 spiro atoms. The van der Waals surface area contributed by atoms with Gasteiger partial charge in [-0.15, -0.1) is 0 Å². The lowest BCUT2D eigenvalue weighted by Gasteiger charge is -2.27. The Balaban J connectivity index is 1.86. The summed E-state index contributed by atoms with van der Waals surface area (Å²) in [5.74, 6) is 0.992. The van der Waals surface area contributed by atoms with Crippen molar-refractivity contribution in [2.24, 2.45) is 5.92 Å². The second-order valence-corrected chi connectivity index (χ2v) is 9.22. The first-order valence-corrected chi connectivity index (χ1v) is 12.7. The molecular weight excluding hydrogens is 424 g/mol. The van der Waals surface area contributed by atoms with Gasteiger partial charge in [0.25, 0.3) is 0 Å². The van der Waals surface area contributed by atoms with Gasteiger partial charge in [0.2, 0.25) is 0 Å². The molecule has 0 saturated carbocycles. The highest BCUT2D eigenvalue weighted by Crippen LogP contribution is 2.36. The van der Waals surface area contributed by atoms with E-state index in [1.165, 1.54) is 22.3 Å². The molecule has 3 rings (SSSR count). The summed E-state index contributed by atoms with van der Waals surface area (Å²) in [6.07, 6.45) is 7.85. The van der Waals surface area contributed by atoms with Gasteiger partial charge in [0, 0.05) is 5.92 Å². The number of aryl methyl sites for hydroxylation is 2. The van der Waals surface area contributed by atoms with Crippen LogP contribution in [0.5, 0.6) is 5.75 Å². The Morgan fingerprint density at radius 3 is 2.24 bits per heavy atom. The molecule has 34 heavy (non-hydrogen) atoms. The molecule has 1 atom stereocenters. The van der Waals surface area contributed by atoms with E-state index in [9.17, 15) is 15.3 Å². The first-order valence-electron chi connectivity index (χ1n) is 12.7. The highest BCUT2D eigenvalue weighted by atomic mass is 16.5. The monoisotopic (exact) mass is 464 g/mol. The van der Waals surface area contributed by atoms with Crippen LogP contribution in [0.2, 0.25) is 0 Å². The largest absolute Gasteiger partial charge is 0.493 e. The highest BCUT2D eigenvalue weighted by molar-refractivity contribution is 5.73. The minimum Gasteiger partial charge on any atom is -0.493 e. The first kappa shape index (κ1) is 26.2. The lowest BCUT2D eigenvalue weighted by molar-refractivity contribution is 0.0283. The van der Waals surface area contributed by atoms with Gasteiger partial charge in [-0.2, -0.15) is 0 Å². The van der Waals surface area contributed by atoms with Crippen molar-refractivity contribution in [1.82, 2.24) is 0 Å². The molecule has 1 aliphatic rings. The van der Waals surface area contributed by atoms with Crippen LogP contribution in [0.15, 0.2) is 59.7 Å². The average Bonchev–Trinajstić information content (AvgIpc) is 2.90. The number of aliphatic hydroxyl groups excluding tert-OH is 2. The molecule has 2 aromatic carbocycles. The van der Waals surface area contributed by atoms with Crippen LogP contribution < -0.4 is 4.74 Å². The van der Waals surface area contributed by atoms with Crippen LogP contribution in [0.1, 0.15) is 63.6 Å². The van der Waals surface area contributed by atoms with Gasteiger partial charge in [0.15, 0.2) is 0 Å². The van der Waals surface area contributed by atoms with E-state index in [1.54, 1.807) is 0 Å². The lowest BCUT2D eigenvalue weighted by Crippen LogP contribution is -2.23. The average molecular weight is 465 g/mol. The molecule has 0 heterocycles. The fourth-order valence-electron chi connectivity index (χ4n) is 4.84. The minimum absolute atomic E-state index is 0.0347. The van der Waals surface area contributed by atoms with Gasteiger partial charge in [-0.1, -0.05) is 64.1 Å². The van der Waals surface area contributed by atoms with Gasteiger partial charge in [-0.25, -0.2) is 0 Å². The first-order chi connectivity index (χ1) is 16.4. The molecule has 0 unspecified atom stereocenters.